The van der Waals surface area contributed by atoms with Crippen molar-refractivity contribution in [2.75, 3.05) is 31.1 Å². The van der Waals surface area contributed by atoms with Crippen LogP contribution in [0, 0.1) is 6.92 Å². The molecule has 1 aliphatic rings. The van der Waals surface area contributed by atoms with Gasteiger partial charge in [-0.05, 0) is 42.3 Å². The molecule has 0 unspecified atom stereocenters. The summed E-state index contributed by atoms with van der Waals surface area (Å²) in [5.74, 6) is 0.166. The number of hydrogen-bond acceptors (Lipinski definition) is 2. The molecule has 1 amide bonds. The monoisotopic (exact) mass is 362 g/mol. The van der Waals surface area contributed by atoms with E-state index in [1.165, 1.54) is 0 Å². The fourth-order valence-corrected chi connectivity index (χ4v) is 3.18. The maximum Gasteiger partial charge on any atom is 0.227 e. The Morgan fingerprint density at radius 2 is 1.67 bits per heavy atom. The number of carbonyl (C=O) groups is 1. The highest BCUT2D eigenvalue weighted by atomic mass is 35.5. The molecule has 1 fully saturated rings. The maximum absolute atomic E-state index is 12.4. The first kappa shape index (κ1) is 17.1. The Balaban J connectivity index is 1.57. The van der Waals surface area contributed by atoms with Crippen molar-refractivity contribution >= 4 is 34.8 Å². The number of benzene rings is 2. The van der Waals surface area contributed by atoms with Gasteiger partial charge in [0.1, 0.15) is 0 Å². The standard InChI is InChI=1S/C19H20Cl2N2O/c1-14-2-7-17(13-18(14)21)22-8-10-23(11-9-22)19(24)12-15-3-5-16(20)6-4-15/h2-7,13H,8-12H2,1H3. The Hall–Kier alpha value is -1.71. The normalized spacial score (nSPS) is 14.8. The lowest BCUT2D eigenvalue weighted by Crippen LogP contribution is -2.49. The van der Waals surface area contributed by atoms with Crippen molar-refractivity contribution in [3.63, 3.8) is 0 Å². The Morgan fingerprint density at radius 1 is 1.00 bits per heavy atom. The topological polar surface area (TPSA) is 23.6 Å². The van der Waals surface area contributed by atoms with Gasteiger partial charge in [-0.3, -0.25) is 4.79 Å². The van der Waals surface area contributed by atoms with Gasteiger partial charge in [-0.1, -0.05) is 41.4 Å². The van der Waals surface area contributed by atoms with Crippen LogP contribution in [0.3, 0.4) is 0 Å². The van der Waals surface area contributed by atoms with Gasteiger partial charge >= 0.3 is 0 Å². The average Bonchev–Trinajstić information content (AvgIpc) is 2.59. The molecule has 126 valence electrons. The number of anilines is 1. The number of rotatable bonds is 3. The molecule has 0 radical (unpaired) electrons. The molecule has 3 nitrogen and oxygen atoms in total. The van der Waals surface area contributed by atoms with Gasteiger partial charge in [0.05, 0.1) is 6.42 Å². The number of nitrogens with zero attached hydrogens (tertiary/aromatic N) is 2. The molecule has 1 saturated heterocycles. The average molecular weight is 363 g/mol. The molecular weight excluding hydrogens is 343 g/mol. The van der Waals surface area contributed by atoms with Crippen molar-refractivity contribution in [1.82, 2.24) is 4.90 Å². The van der Waals surface area contributed by atoms with Gasteiger partial charge in [0.2, 0.25) is 5.91 Å². The van der Waals surface area contributed by atoms with Crippen LogP contribution in [0.4, 0.5) is 5.69 Å². The van der Waals surface area contributed by atoms with Gasteiger partial charge < -0.3 is 9.80 Å². The van der Waals surface area contributed by atoms with Crippen LogP contribution in [-0.4, -0.2) is 37.0 Å². The minimum absolute atomic E-state index is 0.166. The van der Waals surface area contributed by atoms with Crippen molar-refractivity contribution in [3.05, 3.63) is 63.6 Å². The first-order chi connectivity index (χ1) is 11.5. The van der Waals surface area contributed by atoms with Crippen LogP contribution in [0.1, 0.15) is 11.1 Å². The smallest absolute Gasteiger partial charge is 0.227 e. The largest absolute Gasteiger partial charge is 0.368 e. The molecule has 1 heterocycles. The fourth-order valence-electron chi connectivity index (χ4n) is 2.88. The zero-order valence-corrected chi connectivity index (χ0v) is 15.1. The summed E-state index contributed by atoms with van der Waals surface area (Å²) < 4.78 is 0. The van der Waals surface area contributed by atoms with E-state index >= 15 is 0 Å². The van der Waals surface area contributed by atoms with Crippen molar-refractivity contribution in [2.24, 2.45) is 0 Å². The molecule has 0 spiro atoms. The van der Waals surface area contributed by atoms with Crippen LogP contribution >= 0.6 is 23.2 Å². The lowest BCUT2D eigenvalue weighted by atomic mass is 10.1. The Kier molecular flexibility index (Phi) is 5.32. The van der Waals surface area contributed by atoms with E-state index in [4.69, 9.17) is 23.2 Å². The van der Waals surface area contributed by atoms with E-state index in [9.17, 15) is 4.79 Å². The molecule has 24 heavy (non-hydrogen) atoms. The number of amides is 1. The highest BCUT2D eigenvalue weighted by molar-refractivity contribution is 6.31. The van der Waals surface area contributed by atoms with E-state index in [1.54, 1.807) is 0 Å². The molecule has 0 aliphatic carbocycles. The fraction of sp³-hybridized carbons (Fsp3) is 0.316. The zero-order chi connectivity index (χ0) is 17.1. The number of carbonyl (C=O) groups excluding carboxylic acids is 1. The second-order valence-electron chi connectivity index (χ2n) is 6.10. The molecule has 2 aromatic carbocycles. The van der Waals surface area contributed by atoms with E-state index < -0.39 is 0 Å². The van der Waals surface area contributed by atoms with E-state index in [1.807, 2.05) is 48.2 Å². The molecule has 3 rings (SSSR count). The summed E-state index contributed by atoms with van der Waals surface area (Å²) in [4.78, 5) is 16.7. The highest BCUT2D eigenvalue weighted by Crippen LogP contribution is 2.24. The Bertz CT molecular complexity index is 723. The number of halogens is 2. The van der Waals surface area contributed by atoms with Crippen molar-refractivity contribution in [3.8, 4) is 0 Å². The van der Waals surface area contributed by atoms with Crippen LogP contribution in [0.2, 0.25) is 10.0 Å². The van der Waals surface area contributed by atoms with E-state index in [2.05, 4.69) is 11.0 Å². The quantitative estimate of drug-likeness (QED) is 0.816. The van der Waals surface area contributed by atoms with Gasteiger partial charge in [0.15, 0.2) is 0 Å². The molecule has 0 atom stereocenters. The summed E-state index contributed by atoms with van der Waals surface area (Å²) in [6, 6.07) is 13.6. The van der Waals surface area contributed by atoms with Crippen molar-refractivity contribution in [2.45, 2.75) is 13.3 Å². The third kappa shape index (κ3) is 4.03. The first-order valence-electron chi connectivity index (χ1n) is 8.06. The highest BCUT2D eigenvalue weighted by Gasteiger charge is 2.21. The number of piperazine rings is 1. The number of hydrogen-bond donors (Lipinski definition) is 0. The summed E-state index contributed by atoms with van der Waals surface area (Å²) in [5, 5.41) is 1.48. The second kappa shape index (κ2) is 7.45. The molecule has 0 aromatic heterocycles. The molecule has 1 aliphatic heterocycles. The minimum Gasteiger partial charge on any atom is -0.368 e. The summed E-state index contributed by atoms with van der Waals surface area (Å²) in [7, 11) is 0. The van der Waals surface area contributed by atoms with Gasteiger partial charge in [0, 0.05) is 41.9 Å². The molecule has 0 bridgehead atoms. The van der Waals surface area contributed by atoms with Crippen molar-refractivity contribution < 1.29 is 4.79 Å². The van der Waals surface area contributed by atoms with Crippen LogP contribution in [0.5, 0.6) is 0 Å². The van der Waals surface area contributed by atoms with Gasteiger partial charge in [-0.15, -0.1) is 0 Å². The molecular formula is C19H20Cl2N2O. The Labute approximate surface area is 152 Å². The zero-order valence-electron chi connectivity index (χ0n) is 13.6. The predicted octanol–water partition coefficient (Wildman–Crippen LogP) is 4.19. The van der Waals surface area contributed by atoms with E-state index in [0.29, 0.717) is 11.4 Å². The van der Waals surface area contributed by atoms with Crippen LogP contribution in [0.25, 0.3) is 0 Å². The minimum atomic E-state index is 0.166. The van der Waals surface area contributed by atoms with Gasteiger partial charge in [-0.25, -0.2) is 0 Å². The molecule has 0 saturated carbocycles. The lowest BCUT2D eigenvalue weighted by molar-refractivity contribution is -0.130. The third-order valence-corrected chi connectivity index (χ3v) is 5.08. The first-order valence-corrected chi connectivity index (χ1v) is 8.82. The number of aryl methyl sites for hydroxylation is 1. The third-order valence-electron chi connectivity index (χ3n) is 4.42. The summed E-state index contributed by atoms with van der Waals surface area (Å²) in [5.41, 5.74) is 3.20. The van der Waals surface area contributed by atoms with Crippen LogP contribution < -0.4 is 4.90 Å². The SMILES string of the molecule is Cc1ccc(N2CCN(C(=O)Cc3ccc(Cl)cc3)CC2)cc1Cl. The van der Waals surface area contributed by atoms with Crippen LogP contribution in [0.15, 0.2) is 42.5 Å². The summed E-state index contributed by atoms with van der Waals surface area (Å²) >= 11 is 12.1. The molecule has 2 aromatic rings. The van der Waals surface area contributed by atoms with E-state index in [0.717, 1.165) is 48.0 Å². The predicted molar refractivity (Wildman–Crippen MR) is 100 cm³/mol. The lowest BCUT2D eigenvalue weighted by Gasteiger charge is -2.36. The van der Waals surface area contributed by atoms with Crippen LogP contribution in [-0.2, 0) is 11.2 Å². The molecule has 0 N–H and O–H groups in total. The van der Waals surface area contributed by atoms with Crippen molar-refractivity contribution in [1.29, 1.82) is 0 Å². The Morgan fingerprint density at radius 3 is 2.29 bits per heavy atom. The van der Waals surface area contributed by atoms with Gasteiger partial charge in [-0.2, -0.15) is 0 Å². The van der Waals surface area contributed by atoms with E-state index in [-0.39, 0.29) is 5.91 Å². The van der Waals surface area contributed by atoms with Gasteiger partial charge in [0.25, 0.3) is 0 Å². The maximum atomic E-state index is 12.4. The summed E-state index contributed by atoms with van der Waals surface area (Å²) in [6.45, 7) is 5.12. The summed E-state index contributed by atoms with van der Waals surface area (Å²) in [6.07, 6.45) is 0.424. The molecule has 5 heteroatoms. The second-order valence-corrected chi connectivity index (χ2v) is 6.95.